The quantitative estimate of drug-likeness (QED) is 0.506. The zero-order valence-corrected chi connectivity index (χ0v) is 20.0. The highest BCUT2D eigenvalue weighted by Gasteiger charge is 2.44. The number of ether oxygens (including phenoxy) is 1. The van der Waals surface area contributed by atoms with Gasteiger partial charge in [0, 0.05) is 25.2 Å². The smallest absolute Gasteiger partial charge is 0.243 e. The fourth-order valence-electron chi connectivity index (χ4n) is 5.46. The SMILES string of the molecule is COc1cccc([C@H](c2ccccc2)N2[C@@H]3CC[C@@H]2CN(S(=O)(=O)c2ccc(F)cc2)CC3)c1. The highest BCUT2D eigenvalue weighted by atomic mass is 32.2. The number of fused-ring (bicyclic) bond motifs is 2. The van der Waals surface area contributed by atoms with Crippen molar-refractivity contribution < 1.29 is 17.5 Å². The lowest BCUT2D eigenvalue weighted by atomic mass is 9.95. The Morgan fingerprint density at radius 2 is 1.59 bits per heavy atom. The molecule has 3 atom stereocenters. The summed E-state index contributed by atoms with van der Waals surface area (Å²) in [7, 11) is -2.02. The van der Waals surface area contributed by atoms with Crippen molar-refractivity contribution in [2.45, 2.75) is 42.3 Å². The molecule has 2 heterocycles. The highest BCUT2D eigenvalue weighted by Crippen LogP contribution is 2.42. The second-order valence-electron chi connectivity index (χ2n) is 9.03. The predicted octanol–water partition coefficient (Wildman–Crippen LogP) is 4.85. The number of hydrogen-bond donors (Lipinski definition) is 0. The fraction of sp³-hybridized carbons (Fsp3) is 0.333. The molecule has 0 radical (unpaired) electrons. The standard InChI is InChI=1S/C27H29FN2O3S/c1-33-25-9-5-8-21(18-25)27(20-6-3-2-4-7-20)30-23-12-13-24(30)19-29(17-16-23)34(31,32)26-14-10-22(28)11-15-26/h2-11,14-15,18,23-24,27H,12-13,16-17,19H2,1H3/t23-,24-,27+/m1/s1. The van der Waals surface area contributed by atoms with Crippen LogP contribution in [0, 0.1) is 5.82 Å². The maximum Gasteiger partial charge on any atom is 0.243 e. The maximum atomic E-state index is 13.4. The van der Waals surface area contributed by atoms with Crippen molar-refractivity contribution in [3.05, 3.63) is 95.8 Å². The normalized spacial score (nSPS) is 22.3. The molecule has 0 unspecified atom stereocenters. The Hall–Kier alpha value is -2.74. The average molecular weight is 481 g/mol. The lowest BCUT2D eigenvalue weighted by Crippen LogP contribution is -2.43. The zero-order valence-electron chi connectivity index (χ0n) is 19.2. The third-order valence-corrected chi connectivity index (χ3v) is 8.96. The summed E-state index contributed by atoms with van der Waals surface area (Å²) < 4.78 is 47.3. The molecule has 2 saturated heterocycles. The van der Waals surface area contributed by atoms with Gasteiger partial charge in [0.15, 0.2) is 0 Å². The minimum atomic E-state index is -3.69. The topological polar surface area (TPSA) is 49.9 Å². The van der Waals surface area contributed by atoms with Gasteiger partial charge in [-0.25, -0.2) is 12.8 Å². The molecule has 7 heteroatoms. The molecule has 0 spiro atoms. The van der Waals surface area contributed by atoms with Gasteiger partial charge in [-0.3, -0.25) is 4.90 Å². The molecule has 5 rings (SSSR count). The van der Waals surface area contributed by atoms with Crippen LogP contribution in [0.15, 0.2) is 83.8 Å². The van der Waals surface area contributed by atoms with E-state index >= 15 is 0 Å². The van der Waals surface area contributed by atoms with E-state index in [1.807, 2.05) is 30.3 Å². The molecule has 0 N–H and O–H groups in total. The van der Waals surface area contributed by atoms with Gasteiger partial charge in [-0.1, -0.05) is 42.5 Å². The Labute approximate surface area is 200 Å². The van der Waals surface area contributed by atoms with Crippen LogP contribution in [-0.2, 0) is 10.0 Å². The zero-order chi connectivity index (χ0) is 23.7. The number of benzene rings is 3. The molecule has 0 aromatic heterocycles. The first kappa shape index (κ1) is 23.0. The van der Waals surface area contributed by atoms with Crippen molar-refractivity contribution in [2.75, 3.05) is 20.2 Å². The van der Waals surface area contributed by atoms with Crippen molar-refractivity contribution in [2.24, 2.45) is 0 Å². The van der Waals surface area contributed by atoms with Gasteiger partial charge in [-0.2, -0.15) is 4.31 Å². The molecule has 2 aliphatic heterocycles. The van der Waals surface area contributed by atoms with Crippen molar-refractivity contribution >= 4 is 10.0 Å². The molecular formula is C27H29FN2O3S. The van der Waals surface area contributed by atoms with E-state index in [0.29, 0.717) is 13.1 Å². The molecule has 34 heavy (non-hydrogen) atoms. The third kappa shape index (κ3) is 4.35. The summed E-state index contributed by atoms with van der Waals surface area (Å²) in [6.45, 7) is 0.876. The first-order valence-electron chi connectivity index (χ1n) is 11.7. The van der Waals surface area contributed by atoms with Crippen LogP contribution in [0.4, 0.5) is 4.39 Å². The first-order valence-corrected chi connectivity index (χ1v) is 13.1. The Morgan fingerprint density at radius 1 is 0.882 bits per heavy atom. The Bertz CT molecular complexity index is 1230. The summed E-state index contributed by atoms with van der Waals surface area (Å²) >= 11 is 0. The van der Waals surface area contributed by atoms with E-state index in [0.717, 1.165) is 30.6 Å². The molecule has 2 aliphatic rings. The lowest BCUT2D eigenvalue weighted by Gasteiger charge is -2.37. The van der Waals surface area contributed by atoms with Gasteiger partial charge < -0.3 is 4.74 Å². The molecular weight excluding hydrogens is 451 g/mol. The fourth-order valence-corrected chi connectivity index (χ4v) is 6.95. The van der Waals surface area contributed by atoms with Crippen LogP contribution in [0.2, 0.25) is 0 Å². The summed E-state index contributed by atoms with van der Waals surface area (Å²) in [5.74, 6) is 0.366. The average Bonchev–Trinajstić information content (AvgIpc) is 3.13. The molecule has 5 nitrogen and oxygen atoms in total. The highest BCUT2D eigenvalue weighted by molar-refractivity contribution is 7.89. The van der Waals surface area contributed by atoms with E-state index in [4.69, 9.17) is 4.74 Å². The van der Waals surface area contributed by atoms with E-state index in [9.17, 15) is 12.8 Å². The lowest BCUT2D eigenvalue weighted by molar-refractivity contribution is 0.155. The summed E-state index contributed by atoms with van der Waals surface area (Å²) in [5.41, 5.74) is 2.32. The van der Waals surface area contributed by atoms with Crippen LogP contribution in [0.5, 0.6) is 5.75 Å². The van der Waals surface area contributed by atoms with Crippen LogP contribution < -0.4 is 4.74 Å². The summed E-state index contributed by atoms with van der Waals surface area (Å²) in [4.78, 5) is 2.66. The van der Waals surface area contributed by atoms with E-state index in [1.165, 1.54) is 29.8 Å². The number of methoxy groups -OCH3 is 1. The number of sulfonamides is 1. The molecule has 2 fully saturated rings. The van der Waals surface area contributed by atoms with Gasteiger partial charge >= 0.3 is 0 Å². The van der Waals surface area contributed by atoms with Gasteiger partial charge in [0.2, 0.25) is 10.0 Å². The van der Waals surface area contributed by atoms with Crippen LogP contribution >= 0.6 is 0 Å². The van der Waals surface area contributed by atoms with Crippen LogP contribution in [0.3, 0.4) is 0 Å². The van der Waals surface area contributed by atoms with Gasteiger partial charge in [0.25, 0.3) is 0 Å². The molecule has 0 saturated carbocycles. The van der Waals surface area contributed by atoms with Gasteiger partial charge in [0.05, 0.1) is 18.0 Å². The Kier molecular flexibility index (Phi) is 6.42. The Morgan fingerprint density at radius 3 is 2.32 bits per heavy atom. The van der Waals surface area contributed by atoms with E-state index in [-0.39, 0.29) is 23.0 Å². The molecule has 3 aromatic rings. The summed E-state index contributed by atoms with van der Waals surface area (Å²) in [6.07, 6.45) is 2.74. The summed E-state index contributed by atoms with van der Waals surface area (Å²) in [5, 5.41) is 0. The van der Waals surface area contributed by atoms with Gasteiger partial charge in [-0.15, -0.1) is 0 Å². The molecule has 3 aromatic carbocycles. The largest absolute Gasteiger partial charge is 0.497 e. The number of nitrogens with zero attached hydrogens (tertiary/aromatic N) is 2. The Balaban J connectivity index is 1.51. The van der Waals surface area contributed by atoms with Crippen molar-refractivity contribution in [1.82, 2.24) is 9.21 Å². The van der Waals surface area contributed by atoms with E-state index in [2.05, 4.69) is 29.2 Å². The maximum absolute atomic E-state index is 13.4. The van der Waals surface area contributed by atoms with Crippen LogP contribution in [0.1, 0.15) is 36.4 Å². The van der Waals surface area contributed by atoms with Crippen molar-refractivity contribution in [3.8, 4) is 5.75 Å². The minimum absolute atomic E-state index is 0.00211. The first-order chi connectivity index (χ1) is 16.5. The predicted molar refractivity (Wildman–Crippen MR) is 130 cm³/mol. The number of hydrogen-bond acceptors (Lipinski definition) is 4. The molecule has 178 valence electrons. The second kappa shape index (κ2) is 9.49. The van der Waals surface area contributed by atoms with Crippen LogP contribution in [0.25, 0.3) is 0 Å². The number of halogens is 1. The minimum Gasteiger partial charge on any atom is -0.497 e. The molecule has 0 amide bonds. The van der Waals surface area contributed by atoms with E-state index < -0.39 is 15.8 Å². The van der Waals surface area contributed by atoms with E-state index in [1.54, 1.807) is 11.4 Å². The third-order valence-electron chi connectivity index (χ3n) is 7.08. The van der Waals surface area contributed by atoms with Crippen molar-refractivity contribution in [3.63, 3.8) is 0 Å². The summed E-state index contributed by atoms with van der Waals surface area (Å²) in [6, 6.07) is 24.0. The van der Waals surface area contributed by atoms with Crippen molar-refractivity contribution in [1.29, 1.82) is 0 Å². The molecule has 0 aliphatic carbocycles. The monoisotopic (exact) mass is 480 g/mol. The molecule has 2 bridgehead atoms. The van der Waals surface area contributed by atoms with Gasteiger partial charge in [-0.05, 0) is 66.8 Å². The number of rotatable bonds is 6. The van der Waals surface area contributed by atoms with Crippen LogP contribution in [-0.4, -0.2) is 49.9 Å². The van der Waals surface area contributed by atoms with Gasteiger partial charge in [0.1, 0.15) is 11.6 Å². The second-order valence-corrected chi connectivity index (χ2v) is 11.0.